The molecular formula is C27H20N2O2. The number of hydrogen-bond acceptors (Lipinski definition) is 4. The molecule has 0 spiro atoms. The molecule has 0 unspecified atom stereocenters. The van der Waals surface area contributed by atoms with Gasteiger partial charge < -0.3 is 5.11 Å². The lowest BCUT2D eigenvalue weighted by Gasteiger charge is -2.41. The summed E-state index contributed by atoms with van der Waals surface area (Å²) in [5.41, 5.74) is 0.451. The largest absolute Gasteiger partial charge is 0.507 e. The van der Waals surface area contributed by atoms with Crippen LogP contribution >= 0.6 is 0 Å². The van der Waals surface area contributed by atoms with Crippen LogP contribution in [-0.4, -0.2) is 10.9 Å². The van der Waals surface area contributed by atoms with Crippen molar-refractivity contribution in [3.8, 4) is 12.1 Å². The van der Waals surface area contributed by atoms with Crippen molar-refractivity contribution >= 4 is 11.5 Å². The van der Waals surface area contributed by atoms with Crippen molar-refractivity contribution in [2.24, 2.45) is 5.41 Å². The molecule has 2 atom stereocenters. The van der Waals surface area contributed by atoms with Crippen LogP contribution in [0.5, 0.6) is 0 Å². The third kappa shape index (κ3) is 3.39. The van der Waals surface area contributed by atoms with Crippen molar-refractivity contribution in [3.63, 3.8) is 0 Å². The lowest BCUT2D eigenvalue weighted by Crippen LogP contribution is -2.42. The monoisotopic (exact) mass is 404 g/mol. The summed E-state index contributed by atoms with van der Waals surface area (Å²) < 4.78 is 0. The number of rotatable bonds is 3. The van der Waals surface area contributed by atoms with Crippen molar-refractivity contribution in [1.29, 1.82) is 10.5 Å². The maximum atomic E-state index is 13.5. The Kier molecular flexibility index (Phi) is 5.39. The number of hydrogen-bond donors (Lipinski definition) is 1. The van der Waals surface area contributed by atoms with Crippen LogP contribution in [-0.2, 0) is 4.79 Å². The third-order valence-electron chi connectivity index (χ3n) is 5.99. The van der Waals surface area contributed by atoms with E-state index in [0.29, 0.717) is 11.1 Å². The fraction of sp³-hybridized carbons (Fsp3) is 0.148. The second-order valence-corrected chi connectivity index (χ2v) is 7.66. The molecule has 150 valence electrons. The van der Waals surface area contributed by atoms with Gasteiger partial charge in [-0.3, -0.25) is 4.79 Å². The Balaban J connectivity index is 2.02. The van der Waals surface area contributed by atoms with Crippen LogP contribution in [0.15, 0.2) is 96.6 Å². The van der Waals surface area contributed by atoms with Crippen molar-refractivity contribution < 1.29 is 9.90 Å². The van der Waals surface area contributed by atoms with Gasteiger partial charge in [0.05, 0.1) is 12.1 Å². The highest BCUT2D eigenvalue weighted by atomic mass is 16.3. The molecule has 4 rings (SSSR count). The van der Waals surface area contributed by atoms with Crippen molar-refractivity contribution in [2.45, 2.75) is 18.3 Å². The first-order valence-electron chi connectivity index (χ1n) is 10.1. The Morgan fingerprint density at radius 2 is 1.29 bits per heavy atom. The van der Waals surface area contributed by atoms with E-state index in [-0.39, 0.29) is 23.5 Å². The Labute approximate surface area is 181 Å². The zero-order chi connectivity index (χ0) is 21.8. The topological polar surface area (TPSA) is 84.9 Å². The summed E-state index contributed by atoms with van der Waals surface area (Å²) in [5, 5.41) is 31.9. The molecule has 3 aromatic carbocycles. The highest BCUT2D eigenvalue weighted by Crippen LogP contribution is 2.56. The molecule has 1 aliphatic rings. The lowest BCUT2D eigenvalue weighted by molar-refractivity contribution is -0.118. The summed E-state index contributed by atoms with van der Waals surface area (Å²) in [4.78, 5) is 13.5. The van der Waals surface area contributed by atoms with Gasteiger partial charge in [-0.2, -0.15) is 10.5 Å². The number of carbonyl (C=O) groups excluding carboxylic acids is 1. The number of Topliss-reactive ketones (excluding diaryl/α,β-unsaturated/α-hetero) is 1. The van der Waals surface area contributed by atoms with Crippen LogP contribution < -0.4 is 0 Å². The van der Waals surface area contributed by atoms with E-state index in [1.807, 2.05) is 54.6 Å². The van der Waals surface area contributed by atoms with Crippen molar-refractivity contribution in [1.82, 2.24) is 0 Å². The zero-order valence-electron chi connectivity index (χ0n) is 16.8. The predicted molar refractivity (Wildman–Crippen MR) is 118 cm³/mol. The summed E-state index contributed by atoms with van der Waals surface area (Å²) in [5.74, 6) is -1.95. The second-order valence-electron chi connectivity index (χ2n) is 7.66. The quantitative estimate of drug-likeness (QED) is 0.459. The highest BCUT2D eigenvalue weighted by molar-refractivity contribution is 6.05. The number of ketones is 1. The first-order chi connectivity index (χ1) is 15.1. The van der Waals surface area contributed by atoms with Gasteiger partial charge in [0, 0.05) is 29.4 Å². The van der Waals surface area contributed by atoms with E-state index in [1.54, 1.807) is 36.4 Å². The van der Waals surface area contributed by atoms with E-state index in [4.69, 9.17) is 0 Å². The van der Waals surface area contributed by atoms with E-state index in [9.17, 15) is 20.4 Å². The van der Waals surface area contributed by atoms with Crippen LogP contribution in [0.4, 0.5) is 0 Å². The van der Waals surface area contributed by atoms with Gasteiger partial charge in [-0.1, -0.05) is 91.0 Å². The second kappa shape index (κ2) is 8.30. The summed E-state index contributed by atoms with van der Waals surface area (Å²) in [6.45, 7) is 0. The number of nitrogens with zero attached hydrogens (tertiary/aromatic N) is 2. The Bertz CT molecular complexity index is 1190. The van der Waals surface area contributed by atoms with Gasteiger partial charge in [0.2, 0.25) is 0 Å². The smallest absolute Gasteiger partial charge is 0.164 e. The van der Waals surface area contributed by atoms with Gasteiger partial charge >= 0.3 is 0 Å². The average Bonchev–Trinajstić information content (AvgIpc) is 2.84. The van der Waals surface area contributed by atoms with Gasteiger partial charge in [0.25, 0.3) is 0 Å². The average molecular weight is 404 g/mol. The number of nitriles is 2. The molecule has 0 amide bonds. The number of aliphatic hydroxyl groups excluding tert-OH is 1. The van der Waals surface area contributed by atoms with Crippen molar-refractivity contribution in [3.05, 3.63) is 113 Å². The molecule has 0 aliphatic heterocycles. The molecule has 0 aromatic heterocycles. The van der Waals surface area contributed by atoms with E-state index in [2.05, 4.69) is 12.1 Å². The maximum Gasteiger partial charge on any atom is 0.164 e. The van der Waals surface area contributed by atoms with Crippen LogP contribution in [0.2, 0.25) is 0 Å². The summed E-state index contributed by atoms with van der Waals surface area (Å²) in [6.07, 6.45) is -0.0271. The molecule has 0 saturated heterocycles. The van der Waals surface area contributed by atoms with Gasteiger partial charge in [0.15, 0.2) is 11.2 Å². The summed E-state index contributed by atoms with van der Waals surface area (Å²) >= 11 is 0. The first kappa shape index (κ1) is 20.1. The minimum absolute atomic E-state index is 0.0271. The Hall–Kier alpha value is -4.15. The molecule has 31 heavy (non-hydrogen) atoms. The molecule has 0 heterocycles. The van der Waals surface area contributed by atoms with Crippen LogP contribution in [0.1, 0.15) is 34.9 Å². The third-order valence-corrected chi connectivity index (χ3v) is 5.99. The SMILES string of the molecule is N#CC1(C#N)[C@H](c2ccccc2)CC(=O)/C(=C(/O)c2ccccc2)[C@H]1c1ccccc1. The zero-order valence-corrected chi connectivity index (χ0v) is 16.8. The maximum absolute atomic E-state index is 13.5. The Morgan fingerprint density at radius 1 is 0.806 bits per heavy atom. The minimum atomic E-state index is -1.56. The van der Waals surface area contributed by atoms with Gasteiger partial charge in [0.1, 0.15) is 5.76 Å². The lowest BCUT2D eigenvalue weighted by atomic mass is 9.55. The Morgan fingerprint density at radius 3 is 1.81 bits per heavy atom. The van der Waals surface area contributed by atoms with Gasteiger partial charge in [-0.25, -0.2) is 0 Å². The molecule has 1 fully saturated rings. The van der Waals surface area contributed by atoms with E-state index in [1.165, 1.54) is 0 Å². The molecule has 4 nitrogen and oxygen atoms in total. The van der Waals surface area contributed by atoms with Gasteiger partial charge in [-0.15, -0.1) is 0 Å². The minimum Gasteiger partial charge on any atom is -0.507 e. The molecule has 3 aromatic rings. The molecular weight excluding hydrogens is 384 g/mol. The van der Waals surface area contributed by atoms with E-state index >= 15 is 0 Å². The normalized spacial score (nSPS) is 21.5. The first-order valence-corrected chi connectivity index (χ1v) is 10.1. The number of allylic oxidation sites excluding steroid dienone is 1. The standard InChI is InChI=1S/C27H20N2O2/c28-17-27(18-29)22(19-10-4-1-5-11-19)16-23(30)24(25(27)20-12-6-2-7-13-20)26(31)21-14-8-3-9-15-21/h1-15,22,25,31H,16H2/b26-24-/t22-,25+/m0/s1. The summed E-state index contributed by atoms with van der Waals surface area (Å²) in [7, 11) is 0. The predicted octanol–water partition coefficient (Wildman–Crippen LogP) is 5.53. The van der Waals surface area contributed by atoms with Crippen LogP contribution in [0, 0.1) is 28.1 Å². The van der Waals surface area contributed by atoms with Gasteiger partial charge in [-0.05, 0) is 11.1 Å². The van der Waals surface area contributed by atoms with E-state index in [0.717, 1.165) is 5.56 Å². The molecule has 1 N–H and O–H groups in total. The number of aliphatic hydroxyl groups is 1. The molecule has 4 heteroatoms. The fourth-order valence-corrected chi connectivity index (χ4v) is 4.52. The number of carbonyl (C=O) groups is 1. The molecule has 0 radical (unpaired) electrons. The molecule has 1 aliphatic carbocycles. The van der Waals surface area contributed by atoms with Crippen LogP contribution in [0.25, 0.3) is 5.76 Å². The number of benzene rings is 3. The molecule has 1 saturated carbocycles. The van der Waals surface area contributed by atoms with Crippen LogP contribution in [0.3, 0.4) is 0 Å². The fourth-order valence-electron chi connectivity index (χ4n) is 4.52. The van der Waals surface area contributed by atoms with Crippen molar-refractivity contribution in [2.75, 3.05) is 0 Å². The molecule has 0 bridgehead atoms. The highest BCUT2D eigenvalue weighted by Gasteiger charge is 2.56. The summed E-state index contributed by atoms with van der Waals surface area (Å²) in [6, 6.07) is 31.6. The van der Waals surface area contributed by atoms with E-state index < -0.39 is 17.3 Å².